The van der Waals surface area contributed by atoms with E-state index in [2.05, 4.69) is 4.98 Å². The second kappa shape index (κ2) is 5.78. The van der Waals surface area contributed by atoms with Gasteiger partial charge in [-0.2, -0.15) is 0 Å². The van der Waals surface area contributed by atoms with Crippen LogP contribution in [0.15, 0.2) is 22.5 Å². The quantitative estimate of drug-likeness (QED) is 0.730. The molecule has 6 nitrogen and oxygen atoms in total. The molecule has 2 aromatic rings. The molecule has 1 aromatic heterocycles. The highest BCUT2D eigenvalue weighted by Crippen LogP contribution is 2.39. The molecule has 22 heavy (non-hydrogen) atoms. The van der Waals surface area contributed by atoms with Crippen molar-refractivity contribution in [3.8, 4) is 5.75 Å². The van der Waals surface area contributed by atoms with Crippen LogP contribution in [0.2, 0.25) is 0 Å². The zero-order chi connectivity index (χ0) is 15.9. The first kappa shape index (κ1) is 15.1. The molecule has 1 atom stereocenters. The van der Waals surface area contributed by atoms with Gasteiger partial charge in [-0.15, -0.1) is 11.8 Å². The number of aromatic carboxylic acids is 1. The molecule has 0 radical (unpaired) electrons. The van der Waals surface area contributed by atoms with Gasteiger partial charge in [-0.05, 0) is 18.1 Å². The third kappa shape index (κ3) is 2.76. The fraction of sp³-hybridized carbons (Fsp3) is 0.167. The Balaban J connectivity index is 1.89. The van der Waals surface area contributed by atoms with E-state index in [-0.39, 0.29) is 10.9 Å². The number of carboxylic acids is 1. The number of aromatic nitrogens is 1. The first-order chi connectivity index (χ1) is 10.5. The fourth-order valence-corrected chi connectivity index (χ4v) is 4.27. The van der Waals surface area contributed by atoms with Gasteiger partial charge in [0.15, 0.2) is 5.13 Å². The molecule has 0 bridgehead atoms. The highest BCUT2D eigenvalue weighted by molar-refractivity contribution is 8.03. The van der Waals surface area contributed by atoms with Crippen LogP contribution in [0.25, 0.3) is 0 Å². The van der Waals surface area contributed by atoms with Crippen LogP contribution in [0.5, 0.6) is 5.75 Å². The number of hydrogen-bond donors (Lipinski definition) is 3. The van der Waals surface area contributed by atoms with Gasteiger partial charge in [0, 0.05) is 0 Å². The number of anilines is 1. The molecule has 1 aromatic carbocycles. The molecule has 0 saturated carbocycles. The molecule has 0 spiro atoms. The summed E-state index contributed by atoms with van der Waals surface area (Å²) in [6.07, 6.45) is 1.94. The zero-order valence-electron chi connectivity index (χ0n) is 11.0. The number of carboxylic acid groups (broad SMARTS) is 1. The Morgan fingerprint density at radius 2 is 2.36 bits per heavy atom. The number of fused-ring (bicyclic) bond motifs is 1. The highest BCUT2D eigenvalue weighted by Gasteiger charge is 2.38. The van der Waals surface area contributed by atoms with Crippen LogP contribution < -0.4 is 10.4 Å². The van der Waals surface area contributed by atoms with Gasteiger partial charge in [0.05, 0.1) is 15.6 Å². The lowest BCUT2D eigenvalue weighted by Crippen LogP contribution is -2.40. The summed E-state index contributed by atoms with van der Waals surface area (Å²) in [6, 6.07) is 2.56. The van der Waals surface area contributed by atoms with E-state index in [1.54, 1.807) is 6.20 Å². The Kier molecular flexibility index (Phi) is 3.98. The van der Waals surface area contributed by atoms with Crippen LogP contribution in [0.3, 0.4) is 0 Å². The maximum absolute atomic E-state index is 13.6. The normalized spacial score (nSPS) is 17.0. The van der Waals surface area contributed by atoms with Gasteiger partial charge in [-0.25, -0.2) is 14.2 Å². The molecule has 0 amide bonds. The average molecular weight is 340 g/mol. The van der Waals surface area contributed by atoms with Crippen molar-refractivity contribution in [3.05, 3.63) is 35.3 Å². The molecule has 114 valence electrons. The van der Waals surface area contributed by atoms with Gasteiger partial charge >= 0.3 is 13.1 Å². The summed E-state index contributed by atoms with van der Waals surface area (Å²) in [6.45, 7) is 0. The van der Waals surface area contributed by atoms with Crippen LogP contribution >= 0.6 is 23.1 Å². The predicted octanol–water partition coefficient (Wildman–Crippen LogP) is 1.68. The Morgan fingerprint density at radius 1 is 1.59 bits per heavy atom. The van der Waals surface area contributed by atoms with Crippen molar-refractivity contribution in [2.75, 3.05) is 5.73 Å². The van der Waals surface area contributed by atoms with Crippen molar-refractivity contribution in [2.45, 2.75) is 15.8 Å². The fourth-order valence-electron chi connectivity index (χ4n) is 2.19. The second-order valence-electron chi connectivity index (χ2n) is 4.60. The lowest BCUT2D eigenvalue weighted by atomic mass is 9.77. The second-order valence-corrected chi connectivity index (χ2v) is 7.20. The number of nitrogens with zero attached hydrogens (tertiary/aromatic N) is 1. The van der Waals surface area contributed by atoms with Crippen LogP contribution in [0.4, 0.5) is 9.52 Å². The van der Waals surface area contributed by atoms with E-state index in [1.165, 1.54) is 29.2 Å². The number of thiazole rings is 1. The van der Waals surface area contributed by atoms with Crippen molar-refractivity contribution in [3.63, 3.8) is 0 Å². The van der Waals surface area contributed by atoms with E-state index in [0.717, 1.165) is 10.3 Å². The predicted molar refractivity (Wildman–Crippen MR) is 81.8 cm³/mol. The maximum atomic E-state index is 13.6. The lowest BCUT2D eigenvalue weighted by Gasteiger charge is -2.27. The molecule has 0 aliphatic carbocycles. The number of halogens is 1. The maximum Gasteiger partial charge on any atom is 0.537 e. The van der Waals surface area contributed by atoms with Gasteiger partial charge in [-0.1, -0.05) is 17.4 Å². The summed E-state index contributed by atoms with van der Waals surface area (Å²) in [5.41, 5.74) is 5.55. The van der Waals surface area contributed by atoms with E-state index in [4.69, 9.17) is 15.5 Å². The van der Waals surface area contributed by atoms with Crippen molar-refractivity contribution in [1.82, 2.24) is 4.98 Å². The molecular formula is C12H10BFN2O4S2. The lowest BCUT2D eigenvalue weighted by molar-refractivity contribution is 0.0689. The molecule has 3 rings (SSSR count). The monoisotopic (exact) mass is 340 g/mol. The summed E-state index contributed by atoms with van der Waals surface area (Å²) in [5, 5.41) is 19.2. The summed E-state index contributed by atoms with van der Waals surface area (Å²) in [4.78, 5) is 15.1. The average Bonchev–Trinajstić information content (AvgIpc) is 2.85. The van der Waals surface area contributed by atoms with E-state index in [9.17, 15) is 14.2 Å². The van der Waals surface area contributed by atoms with Crippen LogP contribution in [0, 0.1) is 5.82 Å². The molecule has 0 saturated heterocycles. The van der Waals surface area contributed by atoms with Gasteiger partial charge in [0.25, 0.3) is 0 Å². The molecule has 1 aliphatic rings. The highest BCUT2D eigenvalue weighted by atomic mass is 32.2. The first-order valence-corrected chi connectivity index (χ1v) is 7.92. The van der Waals surface area contributed by atoms with Crippen molar-refractivity contribution >= 4 is 41.3 Å². The number of carbonyl (C=O) groups is 1. The van der Waals surface area contributed by atoms with E-state index >= 15 is 0 Å². The molecule has 1 aliphatic heterocycles. The number of nitrogen functional groups attached to an aromatic ring is 1. The number of benzene rings is 1. The first-order valence-electron chi connectivity index (χ1n) is 6.23. The van der Waals surface area contributed by atoms with E-state index in [0.29, 0.717) is 17.1 Å². The molecule has 4 N–H and O–H groups in total. The van der Waals surface area contributed by atoms with Crippen molar-refractivity contribution < 1.29 is 24.0 Å². The summed E-state index contributed by atoms with van der Waals surface area (Å²) in [5.74, 6) is -2.43. The van der Waals surface area contributed by atoms with Gasteiger partial charge < -0.3 is 20.5 Å². The smallest absolute Gasteiger partial charge is 0.535 e. The summed E-state index contributed by atoms with van der Waals surface area (Å²) in [7, 11) is -1.25. The van der Waals surface area contributed by atoms with Gasteiger partial charge in [0.2, 0.25) is 0 Å². The SMILES string of the molecule is Nc1ncc(S[C@H]2Cc3ccc(F)c(C(=O)O)c3OB2O)s1. The number of rotatable bonds is 3. The van der Waals surface area contributed by atoms with Crippen LogP contribution in [-0.2, 0) is 6.42 Å². The third-order valence-corrected chi connectivity index (χ3v) is 5.35. The van der Waals surface area contributed by atoms with Gasteiger partial charge in [-0.3, -0.25) is 0 Å². The summed E-state index contributed by atoms with van der Waals surface area (Å²) >= 11 is 2.62. The Hall–Kier alpha value is -1.78. The minimum atomic E-state index is -1.43. The molecule has 0 unspecified atom stereocenters. The van der Waals surface area contributed by atoms with Crippen LogP contribution in [0.1, 0.15) is 15.9 Å². The van der Waals surface area contributed by atoms with Crippen LogP contribution in [-0.4, -0.2) is 33.4 Å². The van der Waals surface area contributed by atoms with Gasteiger partial charge in [0.1, 0.15) is 17.1 Å². The molecule has 0 fully saturated rings. The summed E-state index contributed by atoms with van der Waals surface area (Å²) < 4.78 is 19.7. The topological polar surface area (TPSA) is 106 Å². The number of thioether (sulfide) groups is 1. The molecule has 2 heterocycles. The van der Waals surface area contributed by atoms with E-state index in [1.807, 2.05) is 0 Å². The Bertz CT molecular complexity index is 742. The largest absolute Gasteiger partial charge is 0.537 e. The Morgan fingerprint density at radius 3 is 3.00 bits per heavy atom. The van der Waals surface area contributed by atoms with Crippen molar-refractivity contribution in [1.29, 1.82) is 0 Å². The molecular weight excluding hydrogens is 330 g/mol. The minimum Gasteiger partial charge on any atom is -0.535 e. The number of nitrogens with two attached hydrogens (primary N) is 1. The minimum absolute atomic E-state index is 0.110. The molecule has 10 heteroatoms. The van der Waals surface area contributed by atoms with E-state index < -0.39 is 24.5 Å². The zero-order valence-corrected chi connectivity index (χ0v) is 12.7. The third-order valence-electron chi connectivity index (χ3n) is 3.15. The van der Waals surface area contributed by atoms with Crippen molar-refractivity contribution in [2.24, 2.45) is 0 Å². The standard InChI is InChI=1S/C12H10BFN2O4S2/c14-6-2-1-5-3-7(21-8-4-16-12(15)22-8)13(19)20-10(5)9(6)11(17)18/h1-2,4,7,19H,3H2,(H2,15,16)(H,17,18)/t7-/m0/s1. The Labute approximate surface area is 133 Å². The number of hydrogen-bond acceptors (Lipinski definition) is 7.